The van der Waals surface area contributed by atoms with Crippen LogP contribution in [0.2, 0.25) is 0 Å². The highest BCUT2D eigenvalue weighted by Gasteiger charge is 2.54. The van der Waals surface area contributed by atoms with Gasteiger partial charge in [0.15, 0.2) is 12.1 Å². The third-order valence-electron chi connectivity index (χ3n) is 4.94. The summed E-state index contributed by atoms with van der Waals surface area (Å²) >= 11 is 7.66. The number of thioether (sulfide) groups is 1. The Morgan fingerprint density at radius 1 is 1.14 bits per heavy atom. The number of benzene rings is 2. The molecule has 0 bridgehead atoms. The first kappa shape index (κ1) is 21.7. The van der Waals surface area contributed by atoms with Crippen molar-refractivity contribution in [3.05, 3.63) is 83.1 Å². The Morgan fingerprint density at radius 2 is 1.69 bits per heavy atom. The molecule has 2 atom stereocenters. The number of fused-ring (bicyclic) bond motifs is 1. The maximum absolute atomic E-state index is 13.2. The van der Waals surface area contributed by atoms with Crippen LogP contribution < -0.4 is 18.1 Å². The van der Waals surface area contributed by atoms with Crippen LogP contribution in [0.3, 0.4) is 0 Å². The molecule has 152 valence electrons. The van der Waals surface area contributed by atoms with Crippen LogP contribution in [0.5, 0.6) is 0 Å². The van der Waals surface area contributed by atoms with Gasteiger partial charge in [0.1, 0.15) is 11.1 Å². The second-order valence-electron chi connectivity index (χ2n) is 6.71. The van der Waals surface area contributed by atoms with E-state index in [9.17, 15) is 9.59 Å². The Labute approximate surface area is 184 Å². The van der Waals surface area contributed by atoms with Gasteiger partial charge >= 0.3 is 5.97 Å². The number of carbonyl (C=O) groups is 2. The largest absolute Gasteiger partial charge is 1.00 e. The lowest BCUT2D eigenvalue weighted by Gasteiger charge is -2.46. The van der Waals surface area contributed by atoms with Crippen molar-refractivity contribution in [3.63, 3.8) is 0 Å². The van der Waals surface area contributed by atoms with Gasteiger partial charge in [-0.3, -0.25) is 9.69 Å². The normalized spacial score (nSPS) is 20.7. The van der Waals surface area contributed by atoms with E-state index in [4.69, 9.17) is 16.3 Å². The molecule has 0 spiro atoms. The maximum atomic E-state index is 13.2. The van der Waals surface area contributed by atoms with E-state index < -0.39 is 12.1 Å². The highest BCUT2D eigenvalue weighted by molar-refractivity contribution is 8.00. The Hall–Kier alpha value is -1.99. The molecule has 2 aromatic rings. The van der Waals surface area contributed by atoms with E-state index in [1.807, 2.05) is 60.7 Å². The predicted molar refractivity (Wildman–Crippen MR) is 108 cm³/mol. The van der Waals surface area contributed by atoms with Crippen molar-refractivity contribution >= 4 is 35.2 Å². The summed E-state index contributed by atoms with van der Waals surface area (Å²) in [4.78, 5) is 27.1. The average Bonchev–Trinajstić information content (AvgIpc) is 2.76. The van der Waals surface area contributed by atoms with E-state index in [0.717, 1.165) is 11.1 Å². The predicted octanol–water partition coefficient (Wildman–Crippen LogP) is -0.658. The fraction of sp³-hybridized carbons (Fsp3) is 0.238. The molecule has 2 aromatic carbocycles. The molecule has 1 saturated heterocycles. The van der Waals surface area contributed by atoms with Gasteiger partial charge in [-0.15, -0.1) is 23.4 Å². The number of esters is 1. The zero-order valence-electron chi connectivity index (χ0n) is 15.5. The smallest absolute Gasteiger partial charge is 0.356 e. The molecule has 0 unspecified atom stereocenters. The van der Waals surface area contributed by atoms with Crippen LogP contribution in [-0.4, -0.2) is 39.8 Å². The highest BCUT2D eigenvalue weighted by Crippen LogP contribution is 2.40. The van der Waals surface area contributed by atoms with Gasteiger partial charge in [-0.05, 0) is 16.7 Å². The van der Waals surface area contributed by atoms with Crippen LogP contribution in [0.4, 0.5) is 0 Å². The van der Waals surface area contributed by atoms with Crippen LogP contribution >= 0.6 is 23.4 Å². The van der Waals surface area contributed by atoms with Gasteiger partial charge in [-0.1, -0.05) is 60.7 Å². The van der Waals surface area contributed by atoms with Crippen LogP contribution in [-0.2, 0) is 14.3 Å². The molecule has 4 rings (SSSR count). The minimum absolute atomic E-state index is 0. The summed E-state index contributed by atoms with van der Waals surface area (Å²) in [7, 11) is 0. The monoisotopic (exact) mass is 450 g/mol. The molecular weight excluding hydrogens is 431 g/mol. The minimum Gasteiger partial charge on any atom is -1.00 e. The first-order valence-corrected chi connectivity index (χ1v) is 10.6. The number of rotatable bonds is 5. The van der Waals surface area contributed by atoms with Crippen LogP contribution in [0, 0.1) is 0 Å². The van der Waals surface area contributed by atoms with Gasteiger partial charge in [0, 0.05) is 11.6 Å². The summed E-state index contributed by atoms with van der Waals surface area (Å²) in [6.07, 6.45) is -0.570. The number of halogens is 2. The molecule has 3 N–H and O–H groups in total. The summed E-state index contributed by atoms with van der Waals surface area (Å²) in [6, 6.07) is 18.8. The van der Waals surface area contributed by atoms with Crippen LogP contribution in [0.15, 0.2) is 71.9 Å². The van der Waals surface area contributed by atoms with E-state index in [1.54, 1.807) is 11.8 Å². The second-order valence-corrected chi connectivity index (χ2v) is 8.08. The molecule has 0 aliphatic carbocycles. The lowest BCUT2D eigenvalue weighted by Crippen LogP contribution is -3.00. The zero-order chi connectivity index (χ0) is 19.7. The first-order valence-electron chi connectivity index (χ1n) is 8.98. The number of nitrogens with zero attached hydrogens (tertiary/aromatic N) is 1. The number of ether oxygens (including phenoxy) is 1. The molecule has 0 radical (unpaired) electrons. The Kier molecular flexibility index (Phi) is 6.90. The van der Waals surface area contributed by atoms with Gasteiger partial charge in [0.25, 0.3) is 5.91 Å². The second kappa shape index (κ2) is 9.22. The number of β-lactam (4-membered cyclic amide) rings is 1. The molecule has 0 saturated carbocycles. The van der Waals surface area contributed by atoms with Gasteiger partial charge in [0.05, 0.1) is 0 Å². The number of hydrogen-bond donors (Lipinski definition) is 1. The third-order valence-corrected chi connectivity index (χ3v) is 6.66. The van der Waals surface area contributed by atoms with E-state index >= 15 is 0 Å². The number of amides is 1. The van der Waals surface area contributed by atoms with Crippen LogP contribution in [0.1, 0.15) is 17.2 Å². The molecule has 2 aliphatic heterocycles. The molecule has 1 fully saturated rings. The fourth-order valence-electron chi connectivity index (χ4n) is 3.47. The zero-order valence-corrected chi connectivity index (χ0v) is 17.8. The molecule has 2 heterocycles. The minimum atomic E-state index is -0.570. The van der Waals surface area contributed by atoms with Crippen molar-refractivity contribution in [1.82, 2.24) is 4.90 Å². The molecular formula is C21H20Cl2N2O3S. The summed E-state index contributed by atoms with van der Waals surface area (Å²) < 4.78 is 5.95. The van der Waals surface area contributed by atoms with E-state index in [0.29, 0.717) is 11.3 Å². The molecule has 2 aliphatic rings. The van der Waals surface area contributed by atoms with Gasteiger partial charge in [0.2, 0.25) is 0 Å². The lowest BCUT2D eigenvalue weighted by atomic mass is 10.0. The highest BCUT2D eigenvalue weighted by atomic mass is 35.5. The number of hydrogen-bond acceptors (Lipinski definition) is 4. The average molecular weight is 451 g/mol. The Morgan fingerprint density at radius 3 is 2.21 bits per heavy atom. The Balaban J connectivity index is 0.00000240. The van der Waals surface area contributed by atoms with E-state index in [-0.39, 0.29) is 41.3 Å². The SMILES string of the molecule is [Cl-].[NH3+][C@@H]1C(=O)N2C(C(=O)OC(c3ccccc3)c3ccccc3)=C(CCl)CS[C@H]12. The van der Waals surface area contributed by atoms with Crippen molar-refractivity contribution in [2.24, 2.45) is 0 Å². The number of carbonyl (C=O) groups excluding carboxylic acids is 2. The van der Waals surface area contributed by atoms with Gasteiger partial charge in [-0.2, -0.15) is 0 Å². The quantitative estimate of drug-likeness (QED) is 0.372. The maximum Gasteiger partial charge on any atom is 0.356 e. The van der Waals surface area contributed by atoms with Crippen molar-refractivity contribution < 1.29 is 32.5 Å². The number of quaternary nitrogens is 1. The van der Waals surface area contributed by atoms with Gasteiger partial charge in [-0.25, -0.2) is 4.79 Å². The van der Waals surface area contributed by atoms with Crippen molar-refractivity contribution in [2.45, 2.75) is 17.5 Å². The summed E-state index contributed by atoms with van der Waals surface area (Å²) in [5.74, 6) is 0.0777. The summed E-state index contributed by atoms with van der Waals surface area (Å²) in [5.41, 5.74) is 6.61. The van der Waals surface area contributed by atoms with Crippen molar-refractivity contribution in [2.75, 3.05) is 11.6 Å². The molecule has 29 heavy (non-hydrogen) atoms. The number of alkyl halides is 1. The standard InChI is InChI=1S/C21H19ClN2O3S.ClH/c22-11-15-12-28-20-16(23)19(25)24(20)17(15)21(26)27-18(13-7-3-1-4-8-13)14-9-5-2-6-10-14;/h1-10,16,18,20H,11-12,23H2;1H/t16-,20-;/m1./s1. The van der Waals surface area contributed by atoms with Crippen LogP contribution in [0.25, 0.3) is 0 Å². The van der Waals surface area contributed by atoms with Crippen molar-refractivity contribution in [1.29, 1.82) is 0 Å². The van der Waals surface area contributed by atoms with E-state index in [1.165, 1.54) is 4.90 Å². The fourth-order valence-corrected chi connectivity index (χ4v) is 5.12. The van der Waals surface area contributed by atoms with E-state index in [2.05, 4.69) is 5.73 Å². The molecule has 8 heteroatoms. The molecule has 0 aromatic heterocycles. The van der Waals surface area contributed by atoms with Crippen molar-refractivity contribution in [3.8, 4) is 0 Å². The third kappa shape index (κ3) is 4.03. The lowest BCUT2D eigenvalue weighted by molar-refractivity contribution is -0.423. The topological polar surface area (TPSA) is 74.3 Å². The summed E-state index contributed by atoms with van der Waals surface area (Å²) in [5, 5.41) is -0.131. The summed E-state index contributed by atoms with van der Waals surface area (Å²) in [6.45, 7) is 0. The molecule has 5 nitrogen and oxygen atoms in total. The van der Waals surface area contributed by atoms with Gasteiger partial charge < -0.3 is 22.9 Å². The molecule has 1 amide bonds. The first-order chi connectivity index (χ1) is 13.6. The Bertz CT molecular complexity index is 885.